The lowest BCUT2D eigenvalue weighted by Gasteiger charge is -2.32. The molecule has 0 atom stereocenters. The largest absolute Gasteiger partial charge is 0.487 e. The number of carbonyl (C=O) groups is 1. The van der Waals surface area contributed by atoms with E-state index in [4.69, 9.17) is 15.6 Å². The summed E-state index contributed by atoms with van der Waals surface area (Å²) in [5, 5.41) is 18.4. The van der Waals surface area contributed by atoms with Gasteiger partial charge in [-0.05, 0) is 30.3 Å². The molecule has 7 nitrogen and oxygen atoms in total. The van der Waals surface area contributed by atoms with Crippen LogP contribution < -0.4 is 9.64 Å². The molecule has 0 saturated carbocycles. The maximum absolute atomic E-state index is 13.9. The highest BCUT2D eigenvalue weighted by Gasteiger charge is 2.26. The summed E-state index contributed by atoms with van der Waals surface area (Å²) in [6.45, 7) is 1.37. The van der Waals surface area contributed by atoms with Gasteiger partial charge in [0.1, 0.15) is 12.4 Å². The lowest BCUT2D eigenvalue weighted by Crippen LogP contribution is -2.38. The first-order valence-electron chi connectivity index (χ1n) is 11.5. The Labute approximate surface area is 207 Å². The van der Waals surface area contributed by atoms with Crippen LogP contribution in [0.3, 0.4) is 0 Å². The van der Waals surface area contributed by atoms with Gasteiger partial charge in [-0.1, -0.05) is 36.3 Å². The molecule has 0 radical (unpaired) electrons. The molecule has 5 rings (SSSR count). The lowest BCUT2D eigenvalue weighted by molar-refractivity contribution is 0.0663. The fourth-order valence-electron chi connectivity index (χ4n) is 4.36. The highest BCUT2D eigenvalue weighted by molar-refractivity contribution is 5.99. The zero-order valence-electron chi connectivity index (χ0n) is 19.2. The Kier molecular flexibility index (Phi) is 6.37. The van der Waals surface area contributed by atoms with Crippen LogP contribution >= 0.6 is 0 Å². The molecule has 3 heterocycles. The number of carboxylic acid groups (broad SMARTS) is 1. The molecule has 1 aliphatic rings. The number of nitrogens with zero attached hydrogens (tertiary/aromatic N) is 3. The molecule has 180 valence electrons. The van der Waals surface area contributed by atoms with Crippen LogP contribution in [-0.4, -0.2) is 40.5 Å². The number of halogens is 1. The Morgan fingerprint density at radius 2 is 1.81 bits per heavy atom. The summed E-state index contributed by atoms with van der Waals surface area (Å²) in [6.07, 6.45) is 8.36. The van der Waals surface area contributed by atoms with Crippen LogP contribution in [-0.2, 0) is 0 Å². The minimum Gasteiger partial charge on any atom is -0.487 e. The van der Waals surface area contributed by atoms with Crippen molar-refractivity contribution < 1.29 is 23.4 Å². The molecule has 1 saturated heterocycles. The summed E-state index contributed by atoms with van der Waals surface area (Å²) >= 11 is 0. The van der Waals surface area contributed by atoms with Crippen molar-refractivity contribution in [2.75, 3.05) is 18.0 Å². The quantitative estimate of drug-likeness (QED) is 0.374. The van der Waals surface area contributed by atoms with Crippen molar-refractivity contribution >= 4 is 11.8 Å². The van der Waals surface area contributed by atoms with E-state index in [-0.39, 0.29) is 23.4 Å². The number of para-hydroxylation sites is 1. The van der Waals surface area contributed by atoms with Gasteiger partial charge in [-0.25, -0.2) is 9.18 Å². The number of hydrogen-bond donors (Lipinski definition) is 1. The molecule has 2 aromatic heterocycles. The van der Waals surface area contributed by atoms with Gasteiger partial charge < -0.3 is 19.2 Å². The molecule has 0 spiro atoms. The molecule has 8 heteroatoms. The smallest absolute Gasteiger partial charge is 0.372 e. The third kappa shape index (κ3) is 4.51. The lowest BCUT2D eigenvalue weighted by atomic mass is 9.95. The average Bonchev–Trinajstić information content (AvgIpc) is 3.36. The molecule has 0 unspecified atom stereocenters. The second-order valence-corrected chi connectivity index (χ2v) is 8.36. The SMILES string of the molecule is C#Cc1ccccc1-c1c(-c2ccc(N3CCC(Oc4ccccc4F)CC3)nn2)coc1C(=O)O. The molecule has 1 aliphatic heterocycles. The van der Waals surface area contributed by atoms with E-state index < -0.39 is 5.97 Å². The average molecular weight is 483 g/mol. The van der Waals surface area contributed by atoms with Crippen molar-refractivity contribution in [2.24, 2.45) is 0 Å². The van der Waals surface area contributed by atoms with Crippen LogP contribution in [0.15, 0.2) is 71.3 Å². The number of ether oxygens (including phenoxy) is 1. The second-order valence-electron chi connectivity index (χ2n) is 8.36. The number of terminal acetylenes is 1. The van der Waals surface area contributed by atoms with Crippen molar-refractivity contribution in [1.29, 1.82) is 0 Å². The highest BCUT2D eigenvalue weighted by Crippen LogP contribution is 2.37. The van der Waals surface area contributed by atoms with E-state index in [1.54, 1.807) is 48.5 Å². The predicted octanol–water partition coefficient (Wildman–Crippen LogP) is 5.27. The van der Waals surface area contributed by atoms with Crippen molar-refractivity contribution in [3.8, 4) is 40.5 Å². The molecule has 0 amide bonds. The fourth-order valence-corrected chi connectivity index (χ4v) is 4.36. The molecule has 1 N–H and O–H groups in total. The molecule has 2 aromatic carbocycles. The number of benzene rings is 2. The van der Waals surface area contributed by atoms with E-state index in [1.165, 1.54) is 12.3 Å². The minimum absolute atomic E-state index is 0.0791. The molecule has 0 bridgehead atoms. The Morgan fingerprint density at radius 3 is 2.50 bits per heavy atom. The highest BCUT2D eigenvalue weighted by atomic mass is 19.1. The summed E-state index contributed by atoms with van der Waals surface area (Å²) in [6, 6.07) is 17.1. The number of aromatic carboxylic acids is 1. The summed E-state index contributed by atoms with van der Waals surface area (Å²) in [5.74, 6) is 1.77. The monoisotopic (exact) mass is 483 g/mol. The fraction of sp³-hybridized carbons (Fsp3) is 0.179. The minimum atomic E-state index is -1.20. The topological polar surface area (TPSA) is 88.7 Å². The number of rotatable bonds is 6. The van der Waals surface area contributed by atoms with Crippen molar-refractivity contribution in [2.45, 2.75) is 18.9 Å². The van der Waals surface area contributed by atoms with Gasteiger partial charge in [0.15, 0.2) is 17.4 Å². The Bertz CT molecular complexity index is 1430. The first-order valence-corrected chi connectivity index (χ1v) is 11.5. The van der Waals surface area contributed by atoms with E-state index in [2.05, 4.69) is 21.0 Å². The van der Waals surface area contributed by atoms with Crippen LogP contribution in [0.25, 0.3) is 22.4 Å². The van der Waals surface area contributed by atoms with Crippen LogP contribution in [0.2, 0.25) is 0 Å². The van der Waals surface area contributed by atoms with Gasteiger partial charge in [0, 0.05) is 48.2 Å². The van der Waals surface area contributed by atoms with Crippen molar-refractivity contribution in [3.05, 3.63) is 84.1 Å². The number of carboxylic acids is 1. The van der Waals surface area contributed by atoms with Gasteiger partial charge in [-0.2, -0.15) is 0 Å². The standard InChI is InChI=1S/C28H22FN3O4/c1-2-18-7-3-4-8-20(18)26-21(17-35-27(26)28(33)34)23-11-12-25(31-30-23)32-15-13-19(14-16-32)36-24-10-6-5-9-22(24)29/h1,3-12,17,19H,13-16H2,(H,33,34). The van der Waals surface area contributed by atoms with Crippen LogP contribution in [0, 0.1) is 18.2 Å². The molecule has 0 aliphatic carbocycles. The maximum atomic E-state index is 13.9. The Hall–Kier alpha value is -4.64. The predicted molar refractivity (Wildman–Crippen MR) is 132 cm³/mol. The van der Waals surface area contributed by atoms with Crippen molar-refractivity contribution in [1.82, 2.24) is 10.2 Å². The zero-order chi connectivity index (χ0) is 25.1. The molecule has 4 aromatic rings. The van der Waals surface area contributed by atoms with E-state index in [0.29, 0.717) is 59.7 Å². The van der Waals surface area contributed by atoms with E-state index in [0.717, 1.165) is 0 Å². The Balaban J connectivity index is 1.35. The first-order chi connectivity index (χ1) is 17.5. The summed E-state index contributed by atoms with van der Waals surface area (Å²) in [4.78, 5) is 13.9. The zero-order valence-corrected chi connectivity index (χ0v) is 19.2. The second kappa shape index (κ2) is 9.92. The van der Waals surface area contributed by atoms with Gasteiger partial charge >= 0.3 is 5.97 Å². The first kappa shape index (κ1) is 23.1. The third-order valence-corrected chi connectivity index (χ3v) is 6.16. The van der Waals surface area contributed by atoms with Gasteiger partial charge in [0.05, 0.1) is 5.69 Å². The number of anilines is 1. The van der Waals surface area contributed by atoms with Gasteiger partial charge in [-0.3, -0.25) is 0 Å². The van der Waals surface area contributed by atoms with Crippen LogP contribution in [0.5, 0.6) is 5.75 Å². The summed E-state index contributed by atoms with van der Waals surface area (Å²) in [7, 11) is 0. The van der Waals surface area contributed by atoms with E-state index >= 15 is 0 Å². The van der Waals surface area contributed by atoms with Gasteiger partial charge in [0.2, 0.25) is 5.76 Å². The van der Waals surface area contributed by atoms with E-state index in [9.17, 15) is 14.3 Å². The van der Waals surface area contributed by atoms with E-state index in [1.807, 2.05) is 6.07 Å². The third-order valence-electron chi connectivity index (χ3n) is 6.16. The van der Waals surface area contributed by atoms with Gasteiger partial charge in [0.25, 0.3) is 0 Å². The van der Waals surface area contributed by atoms with Gasteiger partial charge in [-0.15, -0.1) is 16.6 Å². The number of furan rings is 1. The van der Waals surface area contributed by atoms with Crippen LogP contribution in [0.1, 0.15) is 29.0 Å². The Morgan fingerprint density at radius 1 is 1.06 bits per heavy atom. The van der Waals surface area contributed by atoms with Crippen molar-refractivity contribution in [3.63, 3.8) is 0 Å². The number of piperidine rings is 1. The molecule has 36 heavy (non-hydrogen) atoms. The molecule has 1 fully saturated rings. The molecular formula is C28H22FN3O4. The molecular weight excluding hydrogens is 461 g/mol. The number of hydrogen-bond acceptors (Lipinski definition) is 6. The summed E-state index contributed by atoms with van der Waals surface area (Å²) in [5.41, 5.74) is 2.45. The number of aromatic nitrogens is 2. The normalized spacial score (nSPS) is 13.8. The van der Waals surface area contributed by atoms with Crippen LogP contribution in [0.4, 0.5) is 10.2 Å². The maximum Gasteiger partial charge on any atom is 0.372 e. The summed E-state index contributed by atoms with van der Waals surface area (Å²) < 4.78 is 25.1.